The van der Waals surface area contributed by atoms with Crippen LogP contribution < -0.4 is 0 Å². The summed E-state index contributed by atoms with van der Waals surface area (Å²) in [5.41, 5.74) is 0.967. The third-order valence-corrected chi connectivity index (χ3v) is 5.63. The molecule has 6 nitrogen and oxygen atoms in total. The Balaban J connectivity index is 1.80. The molecule has 0 atom stereocenters. The van der Waals surface area contributed by atoms with Crippen LogP contribution in [0.1, 0.15) is 18.4 Å². The molecule has 0 unspecified atom stereocenters. The first-order chi connectivity index (χ1) is 9.96. The fourth-order valence-corrected chi connectivity index (χ4v) is 4.32. The van der Waals surface area contributed by atoms with Crippen molar-refractivity contribution in [2.24, 2.45) is 5.92 Å². The van der Waals surface area contributed by atoms with Gasteiger partial charge in [0.2, 0.25) is 0 Å². The van der Waals surface area contributed by atoms with Gasteiger partial charge in [-0.1, -0.05) is 0 Å². The van der Waals surface area contributed by atoms with E-state index < -0.39 is 15.9 Å². The highest BCUT2D eigenvalue weighted by atomic mass is 32.2. The minimum absolute atomic E-state index is 0.0723. The van der Waals surface area contributed by atoms with Crippen LogP contribution in [0.25, 0.3) is 0 Å². The van der Waals surface area contributed by atoms with Crippen LogP contribution in [0, 0.1) is 5.92 Å². The van der Waals surface area contributed by atoms with Crippen LogP contribution in [0.2, 0.25) is 0 Å². The number of amides is 1. The van der Waals surface area contributed by atoms with Crippen molar-refractivity contribution < 1.29 is 18.3 Å². The van der Waals surface area contributed by atoms with Crippen molar-refractivity contribution in [3.05, 3.63) is 30.1 Å². The molecule has 7 heteroatoms. The van der Waals surface area contributed by atoms with Crippen LogP contribution in [-0.4, -0.2) is 54.1 Å². The fourth-order valence-electron chi connectivity index (χ4n) is 2.56. The number of hydrogen-bond acceptors (Lipinski definition) is 4. The molecule has 1 amide bonds. The number of carbonyl (C=O) groups is 1. The maximum Gasteiger partial charge on any atom is 0.407 e. The predicted octanol–water partition coefficient (Wildman–Crippen LogP) is 1.43. The van der Waals surface area contributed by atoms with Crippen LogP contribution in [-0.2, 0) is 16.3 Å². The van der Waals surface area contributed by atoms with E-state index >= 15 is 0 Å². The van der Waals surface area contributed by atoms with E-state index in [2.05, 4.69) is 4.98 Å². The van der Waals surface area contributed by atoms with E-state index in [0.717, 1.165) is 5.56 Å². The van der Waals surface area contributed by atoms with Crippen LogP contribution in [0.4, 0.5) is 4.79 Å². The Hall–Kier alpha value is -1.63. The summed E-state index contributed by atoms with van der Waals surface area (Å²) in [7, 11) is -3.10. The summed E-state index contributed by atoms with van der Waals surface area (Å²) < 4.78 is 24.3. The van der Waals surface area contributed by atoms with Crippen molar-refractivity contribution in [3.8, 4) is 0 Å². The monoisotopic (exact) mass is 312 g/mol. The predicted molar refractivity (Wildman–Crippen MR) is 78.9 cm³/mol. The number of aryl methyl sites for hydroxylation is 1. The lowest BCUT2D eigenvalue weighted by atomic mass is 9.99. The molecule has 1 fully saturated rings. The lowest BCUT2D eigenvalue weighted by molar-refractivity contribution is 0.127. The number of piperidine rings is 1. The van der Waals surface area contributed by atoms with E-state index in [4.69, 9.17) is 5.11 Å². The first kappa shape index (κ1) is 15.8. The summed E-state index contributed by atoms with van der Waals surface area (Å²) in [6, 6.07) is 3.64. The first-order valence-corrected chi connectivity index (χ1v) is 8.85. The molecule has 0 radical (unpaired) electrons. The summed E-state index contributed by atoms with van der Waals surface area (Å²) in [6.45, 7) is 0.861. The lowest BCUT2D eigenvalue weighted by Gasteiger charge is -2.29. The third-order valence-electron chi connectivity index (χ3n) is 3.83. The van der Waals surface area contributed by atoms with E-state index in [9.17, 15) is 13.2 Å². The Morgan fingerprint density at radius 3 is 2.48 bits per heavy atom. The SMILES string of the molecule is O=C(O)N1CCC(CS(=O)(=O)CCc2ccncc2)CC1. The van der Waals surface area contributed by atoms with Gasteiger partial charge in [-0.05, 0) is 42.9 Å². The quantitative estimate of drug-likeness (QED) is 0.888. The number of rotatable bonds is 5. The number of aromatic nitrogens is 1. The molecule has 1 aromatic heterocycles. The average Bonchev–Trinajstić information content (AvgIpc) is 2.46. The van der Waals surface area contributed by atoms with E-state index in [-0.39, 0.29) is 17.4 Å². The summed E-state index contributed by atoms with van der Waals surface area (Å²) in [6.07, 6.45) is 4.14. The Bertz CT molecular complexity index is 566. The molecule has 0 bridgehead atoms. The molecule has 0 aromatic carbocycles. The molecule has 1 aromatic rings. The third kappa shape index (κ3) is 5.00. The number of nitrogens with zero attached hydrogens (tertiary/aromatic N) is 2. The molecule has 21 heavy (non-hydrogen) atoms. The van der Waals surface area contributed by atoms with Gasteiger partial charge in [-0.2, -0.15) is 0 Å². The van der Waals surface area contributed by atoms with E-state index in [1.54, 1.807) is 12.4 Å². The van der Waals surface area contributed by atoms with Crippen molar-refractivity contribution >= 4 is 15.9 Å². The molecule has 0 saturated carbocycles. The Morgan fingerprint density at radius 2 is 1.90 bits per heavy atom. The summed E-state index contributed by atoms with van der Waals surface area (Å²) in [5, 5.41) is 8.87. The molecule has 0 spiro atoms. The Morgan fingerprint density at radius 1 is 1.29 bits per heavy atom. The molecule has 0 aliphatic carbocycles. The van der Waals surface area contributed by atoms with E-state index in [0.29, 0.717) is 32.4 Å². The average molecular weight is 312 g/mol. The van der Waals surface area contributed by atoms with Crippen molar-refractivity contribution in [1.82, 2.24) is 9.88 Å². The molecule has 1 aliphatic heterocycles. The van der Waals surface area contributed by atoms with Gasteiger partial charge in [0.25, 0.3) is 0 Å². The highest BCUT2D eigenvalue weighted by Crippen LogP contribution is 2.19. The smallest absolute Gasteiger partial charge is 0.407 e. The molecule has 116 valence electrons. The van der Waals surface area contributed by atoms with Crippen LogP contribution in [0.15, 0.2) is 24.5 Å². The van der Waals surface area contributed by atoms with Crippen molar-refractivity contribution in [1.29, 1.82) is 0 Å². The lowest BCUT2D eigenvalue weighted by Crippen LogP contribution is -2.39. The number of hydrogen-bond donors (Lipinski definition) is 1. The fraction of sp³-hybridized carbons (Fsp3) is 0.571. The normalized spacial score (nSPS) is 16.9. The molecule has 2 rings (SSSR count). The zero-order valence-electron chi connectivity index (χ0n) is 11.8. The van der Waals surface area contributed by atoms with Gasteiger partial charge in [0.15, 0.2) is 9.84 Å². The number of pyridine rings is 1. The number of likely N-dealkylation sites (tertiary alicyclic amines) is 1. The second-order valence-electron chi connectivity index (χ2n) is 5.43. The van der Waals surface area contributed by atoms with Crippen LogP contribution in [0.3, 0.4) is 0 Å². The molecule has 1 aliphatic rings. The Kier molecular flexibility index (Phi) is 5.17. The second-order valence-corrected chi connectivity index (χ2v) is 7.66. The maximum atomic E-state index is 12.1. The van der Waals surface area contributed by atoms with Gasteiger partial charge in [0, 0.05) is 25.5 Å². The van der Waals surface area contributed by atoms with Gasteiger partial charge in [-0.25, -0.2) is 13.2 Å². The summed E-state index contributed by atoms with van der Waals surface area (Å²) >= 11 is 0. The van der Waals surface area contributed by atoms with Gasteiger partial charge >= 0.3 is 6.09 Å². The topological polar surface area (TPSA) is 87.6 Å². The minimum Gasteiger partial charge on any atom is -0.465 e. The van der Waals surface area contributed by atoms with Crippen LogP contribution >= 0.6 is 0 Å². The zero-order valence-corrected chi connectivity index (χ0v) is 12.6. The highest BCUT2D eigenvalue weighted by molar-refractivity contribution is 7.91. The van der Waals surface area contributed by atoms with Gasteiger partial charge in [-0.15, -0.1) is 0 Å². The molecular weight excluding hydrogens is 292 g/mol. The summed E-state index contributed by atoms with van der Waals surface area (Å²) in [4.78, 5) is 16.1. The van der Waals surface area contributed by atoms with Gasteiger partial charge in [-0.3, -0.25) is 4.98 Å². The Labute approximate surface area is 124 Å². The molecule has 1 N–H and O–H groups in total. The largest absolute Gasteiger partial charge is 0.465 e. The van der Waals surface area contributed by atoms with Gasteiger partial charge < -0.3 is 10.0 Å². The zero-order chi connectivity index (χ0) is 15.3. The van der Waals surface area contributed by atoms with Crippen molar-refractivity contribution in [2.75, 3.05) is 24.6 Å². The second kappa shape index (κ2) is 6.89. The minimum atomic E-state index is -3.10. The summed E-state index contributed by atoms with van der Waals surface area (Å²) in [5.74, 6) is 0.366. The van der Waals surface area contributed by atoms with Crippen molar-refractivity contribution in [2.45, 2.75) is 19.3 Å². The molecule has 1 saturated heterocycles. The van der Waals surface area contributed by atoms with Crippen LogP contribution in [0.5, 0.6) is 0 Å². The van der Waals surface area contributed by atoms with E-state index in [1.807, 2.05) is 12.1 Å². The highest BCUT2D eigenvalue weighted by Gasteiger charge is 2.26. The molecule has 2 heterocycles. The standard InChI is InChI=1S/C14H20N2O4S/c17-14(18)16-8-3-13(4-9-16)11-21(19,20)10-5-12-1-6-15-7-2-12/h1-2,6-7,13H,3-5,8-11H2,(H,17,18). The number of carboxylic acid groups (broad SMARTS) is 1. The maximum absolute atomic E-state index is 12.1. The van der Waals surface area contributed by atoms with Gasteiger partial charge in [0.1, 0.15) is 0 Å². The van der Waals surface area contributed by atoms with E-state index in [1.165, 1.54) is 4.90 Å². The van der Waals surface area contributed by atoms with Crippen molar-refractivity contribution in [3.63, 3.8) is 0 Å². The number of sulfone groups is 1. The van der Waals surface area contributed by atoms with Gasteiger partial charge in [0.05, 0.1) is 11.5 Å². The molecular formula is C14H20N2O4S. The first-order valence-electron chi connectivity index (χ1n) is 7.03.